The minimum atomic E-state index is -4.39. The highest BCUT2D eigenvalue weighted by molar-refractivity contribution is 7.47. The first-order valence-corrected chi connectivity index (χ1v) is 40.0. The van der Waals surface area contributed by atoms with E-state index in [0.29, 0.717) is 6.42 Å². The van der Waals surface area contributed by atoms with Gasteiger partial charge in [0, 0.05) is 19.4 Å². The second-order valence-electron chi connectivity index (χ2n) is 26.2. The first-order chi connectivity index (χ1) is 42.8. The fourth-order valence-electron chi connectivity index (χ4n) is 11.8. The van der Waals surface area contributed by atoms with E-state index in [1.54, 1.807) is 0 Å². The highest BCUT2D eigenvalue weighted by Crippen LogP contribution is 2.43. The summed E-state index contributed by atoms with van der Waals surface area (Å²) >= 11 is 0. The molecule has 2 unspecified atom stereocenters. The Labute approximate surface area is 541 Å². The SMILES string of the molecule is CCCCCCC/C=C\C/C=C\CCCCCCCCCCCCCCCC(=O)OC(COC(=O)CCCCCCCCCCCCCCCCCCCCCCCCCCCCCCC/C=C\CCCCCCCCCC)COP(=O)(O)OCCN. The molecule has 0 saturated heterocycles. The molecule has 0 bridgehead atoms. The summed E-state index contributed by atoms with van der Waals surface area (Å²) in [4.78, 5) is 35.4. The van der Waals surface area contributed by atoms with Crippen LogP contribution in [-0.2, 0) is 32.7 Å². The van der Waals surface area contributed by atoms with Gasteiger partial charge in [0.15, 0.2) is 6.10 Å². The molecular formula is C77H148NO8P. The van der Waals surface area contributed by atoms with Gasteiger partial charge in [-0.2, -0.15) is 0 Å². The molecule has 0 saturated carbocycles. The summed E-state index contributed by atoms with van der Waals surface area (Å²) in [6.45, 7) is 3.81. The van der Waals surface area contributed by atoms with Gasteiger partial charge in [0.25, 0.3) is 0 Å². The molecule has 0 rings (SSSR count). The summed E-state index contributed by atoms with van der Waals surface area (Å²) in [6, 6.07) is 0. The molecule has 0 aliphatic carbocycles. The summed E-state index contributed by atoms with van der Waals surface area (Å²) < 4.78 is 33.2. The molecule has 0 aliphatic heterocycles. The topological polar surface area (TPSA) is 134 Å². The number of unbranched alkanes of at least 4 members (excludes halogenated alkanes) is 55. The molecule has 9 nitrogen and oxygen atoms in total. The van der Waals surface area contributed by atoms with Gasteiger partial charge in [0.2, 0.25) is 0 Å². The van der Waals surface area contributed by atoms with Crippen LogP contribution in [0.1, 0.15) is 412 Å². The number of phosphoric ester groups is 1. The second kappa shape index (κ2) is 73.3. The Morgan fingerprint density at radius 3 is 0.885 bits per heavy atom. The third-order valence-electron chi connectivity index (χ3n) is 17.5. The molecule has 10 heteroatoms. The van der Waals surface area contributed by atoms with Gasteiger partial charge in [-0.25, -0.2) is 4.57 Å². The predicted octanol–water partition coefficient (Wildman–Crippen LogP) is 25.4. The highest BCUT2D eigenvalue weighted by Gasteiger charge is 2.26. The van der Waals surface area contributed by atoms with Gasteiger partial charge in [-0.1, -0.05) is 365 Å². The third-order valence-corrected chi connectivity index (χ3v) is 18.5. The molecule has 0 aromatic rings. The number of allylic oxidation sites excluding steroid dienone is 6. The zero-order valence-corrected chi connectivity index (χ0v) is 58.9. The van der Waals surface area contributed by atoms with Crippen molar-refractivity contribution in [1.29, 1.82) is 0 Å². The summed E-state index contributed by atoms with van der Waals surface area (Å²) in [5, 5.41) is 0. The zero-order chi connectivity index (χ0) is 63.0. The van der Waals surface area contributed by atoms with Crippen molar-refractivity contribution < 1.29 is 37.6 Å². The van der Waals surface area contributed by atoms with E-state index in [0.717, 1.165) is 44.9 Å². The van der Waals surface area contributed by atoms with Crippen molar-refractivity contribution in [3.05, 3.63) is 36.5 Å². The second-order valence-corrected chi connectivity index (χ2v) is 27.7. The average molecular weight is 1250 g/mol. The fraction of sp³-hybridized carbons (Fsp3) is 0.896. The maximum Gasteiger partial charge on any atom is 0.472 e. The summed E-state index contributed by atoms with van der Waals surface area (Å²) in [6.07, 6.45) is 92.8. The largest absolute Gasteiger partial charge is 0.472 e. The number of ether oxygens (including phenoxy) is 2. The quantitative estimate of drug-likeness (QED) is 0.0264. The van der Waals surface area contributed by atoms with Crippen molar-refractivity contribution >= 4 is 19.8 Å². The van der Waals surface area contributed by atoms with Crippen LogP contribution in [0, 0.1) is 0 Å². The Balaban J connectivity index is 3.73. The maximum atomic E-state index is 12.8. The van der Waals surface area contributed by atoms with E-state index in [-0.39, 0.29) is 38.6 Å². The monoisotopic (exact) mass is 1250 g/mol. The van der Waals surface area contributed by atoms with E-state index in [1.807, 2.05) is 0 Å². The third kappa shape index (κ3) is 73.2. The van der Waals surface area contributed by atoms with Crippen LogP contribution < -0.4 is 5.73 Å². The van der Waals surface area contributed by atoms with Crippen LogP contribution in [0.5, 0.6) is 0 Å². The average Bonchev–Trinajstić information content (AvgIpc) is 3.64. The van der Waals surface area contributed by atoms with Gasteiger partial charge in [0.1, 0.15) is 6.61 Å². The van der Waals surface area contributed by atoms with Crippen molar-refractivity contribution in [3.63, 3.8) is 0 Å². The number of nitrogens with two attached hydrogens (primary N) is 1. The Bertz CT molecular complexity index is 1520. The number of esters is 2. The van der Waals surface area contributed by atoms with Crippen molar-refractivity contribution in [2.45, 2.75) is 418 Å². The Kier molecular flexibility index (Phi) is 71.8. The van der Waals surface area contributed by atoms with Gasteiger partial charge in [0.05, 0.1) is 13.2 Å². The molecular weight excluding hydrogens is 1100 g/mol. The van der Waals surface area contributed by atoms with Crippen molar-refractivity contribution in [2.75, 3.05) is 26.4 Å². The number of phosphoric acid groups is 1. The predicted molar refractivity (Wildman–Crippen MR) is 377 cm³/mol. The molecule has 0 aliphatic rings. The zero-order valence-electron chi connectivity index (χ0n) is 58.0. The molecule has 2 atom stereocenters. The summed E-state index contributed by atoms with van der Waals surface area (Å²) in [7, 11) is -4.39. The van der Waals surface area contributed by atoms with Crippen LogP contribution in [-0.4, -0.2) is 49.3 Å². The van der Waals surface area contributed by atoms with Crippen molar-refractivity contribution in [3.8, 4) is 0 Å². The lowest BCUT2D eigenvalue weighted by Gasteiger charge is -2.19. The first kappa shape index (κ1) is 85.2. The lowest BCUT2D eigenvalue weighted by atomic mass is 10.0. The lowest BCUT2D eigenvalue weighted by Crippen LogP contribution is -2.29. The summed E-state index contributed by atoms with van der Waals surface area (Å²) in [5.74, 6) is -0.806. The minimum Gasteiger partial charge on any atom is -0.462 e. The first-order valence-electron chi connectivity index (χ1n) is 38.5. The van der Waals surface area contributed by atoms with Gasteiger partial charge >= 0.3 is 19.8 Å². The maximum absolute atomic E-state index is 12.8. The van der Waals surface area contributed by atoms with E-state index in [9.17, 15) is 19.0 Å². The van der Waals surface area contributed by atoms with E-state index in [2.05, 4.69) is 50.3 Å². The van der Waals surface area contributed by atoms with Crippen LogP contribution in [0.25, 0.3) is 0 Å². The Morgan fingerprint density at radius 1 is 0.345 bits per heavy atom. The fourth-order valence-corrected chi connectivity index (χ4v) is 12.6. The molecule has 0 aromatic heterocycles. The molecule has 0 fully saturated rings. The molecule has 0 amide bonds. The van der Waals surface area contributed by atoms with Crippen LogP contribution in [0.3, 0.4) is 0 Å². The minimum absolute atomic E-state index is 0.0556. The normalized spacial score (nSPS) is 13.0. The molecule has 0 spiro atoms. The Morgan fingerprint density at radius 2 is 0.598 bits per heavy atom. The van der Waals surface area contributed by atoms with E-state index < -0.39 is 26.5 Å². The Hall–Kier alpha value is -1.77. The van der Waals surface area contributed by atoms with Crippen LogP contribution in [0.4, 0.5) is 0 Å². The number of rotatable bonds is 74. The van der Waals surface area contributed by atoms with Crippen LogP contribution >= 0.6 is 7.82 Å². The van der Waals surface area contributed by atoms with E-state index >= 15 is 0 Å². The molecule has 3 N–H and O–H groups in total. The number of carbonyl (C=O) groups is 2. The van der Waals surface area contributed by atoms with Crippen LogP contribution in [0.15, 0.2) is 36.5 Å². The van der Waals surface area contributed by atoms with E-state index in [1.165, 1.54) is 334 Å². The smallest absolute Gasteiger partial charge is 0.462 e. The van der Waals surface area contributed by atoms with Crippen molar-refractivity contribution in [1.82, 2.24) is 0 Å². The highest BCUT2D eigenvalue weighted by atomic mass is 31.2. The van der Waals surface area contributed by atoms with Crippen LogP contribution in [0.2, 0.25) is 0 Å². The lowest BCUT2D eigenvalue weighted by molar-refractivity contribution is -0.161. The number of hydrogen-bond donors (Lipinski definition) is 2. The number of hydrogen-bond acceptors (Lipinski definition) is 8. The molecule has 0 heterocycles. The summed E-state index contributed by atoms with van der Waals surface area (Å²) in [5.41, 5.74) is 5.41. The number of carbonyl (C=O) groups excluding carboxylic acids is 2. The molecule has 514 valence electrons. The van der Waals surface area contributed by atoms with Gasteiger partial charge in [-0.15, -0.1) is 0 Å². The van der Waals surface area contributed by atoms with Gasteiger partial charge < -0.3 is 20.1 Å². The molecule has 0 radical (unpaired) electrons. The van der Waals surface area contributed by atoms with Gasteiger partial charge in [-0.05, 0) is 70.6 Å². The van der Waals surface area contributed by atoms with Gasteiger partial charge in [-0.3, -0.25) is 18.6 Å². The van der Waals surface area contributed by atoms with Crippen molar-refractivity contribution in [2.24, 2.45) is 5.73 Å². The standard InChI is InChI=1S/C77H148NO8P/c1-3-5-7-9-11-13-15-17-19-21-23-25-27-29-30-31-32-33-34-35-36-37-38-39-40-41-42-43-44-46-47-49-51-53-55-57-59-61-63-65-67-69-76(79)83-73-75(74-85-87(81,82)84-72-71-78)86-77(80)70-68-66-64-62-60-58-56-54-52-50-48-45-28-26-24-22-20-18-16-14-12-10-8-6-4-2/h16,18,21-24,75H,3-15,17,19-20,25-74,78H2,1-2H3,(H,81,82)/b18-16-,23-21-,24-22-. The molecule has 87 heavy (non-hydrogen) atoms. The van der Waals surface area contributed by atoms with E-state index in [4.69, 9.17) is 24.3 Å². The molecule has 0 aromatic carbocycles.